The average Bonchev–Trinajstić information content (AvgIpc) is 1.79. The van der Waals surface area contributed by atoms with E-state index in [1.165, 1.54) is 4.72 Å². The molecule has 0 saturated carbocycles. The van der Waals surface area contributed by atoms with Crippen molar-refractivity contribution in [3.63, 3.8) is 0 Å². The summed E-state index contributed by atoms with van der Waals surface area (Å²) in [5.74, 6) is -2.58. The number of hydrogen-bond acceptors (Lipinski definition) is 4. The topological polar surface area (TPSA) is 72.5 Å². The number of halogens is 1. The predicted molar refractivity (Wildman–Crippen MR) is 28.5 cm³/mol. The summed E-state index contributed by atoms with van der Waals surface area (Å²) in [6.07, 6.45) is 0.230. The van der Waals surface area contributed by atoms with Crippen molar-refractivity contribution in [1.82, 2.24) is 4.72 Å². The molecule has 0 aliphatic carbocycles. The van der Waals surface area contributed by atoms with E-state index in [4.69, 9.17) is 0 Å². The Morgan fingerprint density at radius 3 is 2.55 bits per heavy atom. The maximum Gasteiger partial charge on any atom is 1.00 e. The number of amides is 1. The molecule has 0 radical (unpaired) electrons. The molecule has 0 saturated heterocycles. The fourth-order valence-electron chi connectivity index (χ4n) is 0.345. The quantitative estimate of drug-likeness (QED) is 0.384. The summed E-state index contributed by atoms with van der Waals surface area (Å²) in [7, 11) is -4.08. The van der Waals surface area contributed by atoms with Gasteiger partial charge in [-0.1, -0.05) is 0 Å². The first-order valence-electron chi connectivity index (χ1n) is 2.12. The van der Waals surface area contributed by atoms with Gasteiger partial charge in [-0.25, -0.2) is 4.72 Å². The minimum absolute atomic E-state index is 0. The van der Waals surface area contributed by atoms with Gasteiger partial charge in [-0.2, -0.15) is 12.8 Å². The summed E-state index contributed by atoms with van der Waals surface area (Å²) >= 11 is 0. The van der Waals surface area contributed by atoms with Crippen LogP contribution in [0.5, 0.6) is 0 Å². The summed E-state index contributed by atoms with van der Waals surface area (Å²) in [5, 5.41) is 0. The van der Waals surface area contributed by atoms with Crippen molar-refractivity contribution >= 4 is 16.2 Å². The molecule has 0 aromatic carbocycles. The van der Waals surface area contributed by atoms with Gasteiger partial charge in [0.2, 0.25) is 5.83 Å². The summed E-state index contributed by atoms with van der Waals surface area (Å²) in [6, 6.07) is 0. The largest absolute Gasteiger partial charge is 1.00 e. The van der Waals surface area contributed by atoms with Gasteiger partial charge < -0.3 is 5.61 Å². The van der Waals surface area contributed by atoms with Crippen LogP contribution < -0.4 is 23.6 Å². The second-order valence-electron chi connectivity index (χ2n) is 1.45. The molecule has 0 aromatic heterocycles. The van der Waals surface area contributed by atoms with Gasteiger partial charge in [0.05, 0.1) is 0 Å². The van der Waals surface area contributed by atoms with E-state index in [1.807, 2.05) is 0 Å². The van der Waals surface area contributed by atoms with Gasteiger partial charge in [0, 0.05) is 0 Å². The number of carbonyl (C=O) groups is 1. The van der Waals surface area contributed by atoms with E-state index in [-0.39, 0.29) is 26.5 Å². The zero-order valence-corrected chi connectivity index (χ0v) is 6.31. The fraction of sp³-hybridized carbons (Fsp3) is 0. The van der Waals surface area contributed by atoms with Gasteiger partial charge >= 0.3 is 29.2 Å². The Hall–Kier alpha value is -0.513. The van der Waals surface area contributed by atoms with Crippen LogP contribution in [0.3, 0.4) is 0 Å². The molecule has 1 aliphatic heterocycles. The number of rotatable bonds is 0. The average molecular weight is 175 g/mol. The van der Waals surface area contributed by atoms with Crippen LogP contribution in [0.25, 0.3) is 0 Å². The van der Waals surface area contributed by atoms with Crippen molar-refractivity contribution in [2.24, 2.45) is 0 Å². The van der Waals surface area contributed by atoms with Crippen molar-refractivity contribution < 1.29 is 42.1 Å². The zero-order valence-electron chi connectivity index (χ0n) is 6.50. The number of hydrogen-bond donors (Lipinski definition) is 1. The van der Waals surface area contributed by atoms with Crippen LogP contribution in [-0.2, 0) is 19.3 Å². The molecular weight excluding hydrogens is 172 g/mol. The Morgan fingerprint density at radius 2 is 2.18 bits per heavy atom. The van der Waals surface area contributed by atoms with Crippen molar-refractivity contribution in [3.05, 3.63) is 12.1 Å². The van der Waals surface area contributed by atoms with E-state index in [0.717, 1.165) is 0 Å². The predicted octanol–water partition coefficient (Wildman–Crippen LogP) is -3.69. The van der Waals surface area contributed by atoms with Gasteiger partial charge in [0.1, 0.15) is 6.26 Å². The van der Waals surface area contributed by atoms with E-state index < -0.39 is 22.0 Å². The van der Waals surface area contributed by atoms with E-state index in [2.05, 4.69) is 4.18 Å². The summed E-state index contributed by atoms with van der Waals surface area (Å²) in [4.78, 5) is 10.2. The van der Waals surface area contributed by atoms with Crippen LogP contribution in [0.4, 0.5) is 4.39 Å². The second kappa shape index (κ2) is 3.26. The van der Waals surface area contributed by atoms with Gasteiger partial charge in [-0.3, -0.25) is 4.79 Å². The molecule has 1 N–H and O–H groups in total. The molecule has 5 nitrogen and oxygen atoms in total. The summed E-state index contributed by atoms with van der Waals surface area (Å²) in [6.45, 7) is 0. The molecule has 1 amide bonds. The number of nitrogens with one attached hydrogen (secondary N) is 1. The van der Waals surface area contributed by atoms with Gasteiger partial charge in [-0.15, -0.1) is 0 Å². The van der Waals surface area contributed by atoms with E-state index in [0.29, 0.717) is 0 Å². The minimum atomic E-state index is -4.08. The molecule has 11 heavy (non-hydrogen) atoms. The monoisotopic (exact) mass is 175 g/mol. The normalized spacial score (nSPS) is 20.5. The molecule has 0 atom stereocenters. The van der Waals surface area contributed by atoms with Gasteiger partial charge in [0.15, 0.2) is 0 Å². The Labute approximate surface area is 75.5 Å². The van der Waals surface area contributed by atoms with Crippen LogP contribution >= 0.6 is 0 Å². The van der Waals surface area contributed by atoms with Crippen LogP contribution in [0.1, 0.15) is 1.43 Å². The molecular formula is C3H3FLiNO4S. The molecule has 0 unspecified atom stereocenters. The zero-order chi connectivity index (χ0) is 7.78. The van der Waals surface area contributed by atoms with Crippen molar-refractivity contribution in [2.45, 2.75) is 0 Å². The Kier molecular flexibility index (Phi) is 3.10. The summed E-state index contributed by atoms with van der Waals surface area (Å²) in [5.41, 5.74) is 0. The standard InChI is InChI=1S/C3H2FNO4S.Li.H/c4-2-1-9-10(7,8)5-3(2)6;;/h1H,(H,5,6);;/q;+1;-1. The molecule has 1 rings (SSSR count). The Morgan fingerprint density at radius 1 is 1.64 bits per heavy atom. The van der Waals surface area contributed by atoms with E-state index in [9.17, 15) is 17.6 Å². The maximum atomic E-state index is 12.0. The molecule has 1 heterocycles. The fourth-order valence-corrected chi connectivity index (χ4v) is 0.929. The molecule has 0 spiro atoms. The van der Waals surface area contributed by atoms with Gasteiger partial charge in [0.25, 0.3) is 5.91 Å². The first-order valence-corrected chi connectivity index (χ1v) is 3.53. The third-order valence-electron chi connectivity index (χ3n) is 0.713. The van der Waals surface area contributed by atoms with Crippen LogP contribution in [0.15, 0.2) is 12.1 Å². The summed E-state index contributed by atoms with van der Waals surface area (Å²) < 4.78 is 37.5. The van der Waals surface area contributed by atoms with E-state index >= 15 is 0 Å². The first kappa shape index (κ1) is 10.5. The maximum absolute atomic E-state index is 12.0. The molecule has 1 aliphatic rings. The number of carbonyl (C=O) groups excluding carboxylic acids is 1. The van der Waals surface area contributed by atoms with E-state index in [1.54, 1.807) is 0 Å². The van der Waals surface area contributed by atoms with Crippen molar-refractivity contribution in [2.75, 3.05) is 0 Å². The molecule has 8 heteroatoms. The molecule has 0 aromatic rings. The first-order chi connectivity index (χ1) is 4.51. The van der Waals surface area contributed by atoms with Crippen LogP contribution in [-0.4, -0.2) is 14.3 Å². The smallest absolute Gasteiger partial charge is 1.00 e. The third kappa shape index (κ3) is 2.53. The molecule has 58 valence electrons. The molecule has 0 fully saturated rings. The van der Waals surface area contributed by atoms with Crippen LogP contribution in [0.2, 0.25) is 0 Å². The minimum Gasteiger partial charge on any atom is -1.00 e. The molecule has 0 bridgehead atoms. The Balaban J connectivity index is 0. The van der Waals surface area contributed by atoms with Gasteiger partial charge in [-0.05, 0) is 0 Å². The van der Waals surface area contributed by atoms with Crippen molar-refractivity contribution in [3.8, 4) is 0 Å². The van der Waals surface area contributed by atoms with Crippen molar-refractivity contribution in [1.29, 1.82) is 0 Å². The second-order valence-corrected chi connectivity index (χ2v) is 2.75. The SMILES string of the molecule is O=C1NS(=O)(=O)OC=C1F.[H-].[Li+]. The Bertz CT molecular complexity index is 301. The van der Waals surface area contributed by atoms with Crippen LogP contribution in [0, 0.1) is 0 Å². The third-order valence-corrected chi connectivity index (χ3v) is 1.50.